The zero-order valence-electron chi connectivity index (χ0n) is 17.6. The van der Waals surface area contributed by atoms with Crippen molar-refractivity contribution in [3.8, 4) is 0 Å². The molecule has 3 nitrogen and oxygen atoms in total. The van der Waals surface area contributed by atoms with Crippen molar-refractivity contribution < 1.29 is 13.0 Å². The molecule has 0 N–H and O–H groups in total. The van der Waals surface area contributed by atoms with Gasteiger partial charge in [-0.3, -0.25) is 0 Å². The van der Waals surface area contributed by atoms with Gasteiger partial charge in [-0.05, 0) is 38.8 Å². The standard InChI is InChI=1S/C20H42O3Si2/c1-9-12-13-14-15-16-17-21-24(7,10-2)23-25(8,11-3)22-20(6)18-19(4)5/h10-11,19-20H,2-3,9,12-18H2,1,4-8H3. The van der Waals surface area contributed by atoms with Gasteiger partial charge < -0.3 is 13.0 Å². The van der Waals surface area contributed by atoms with Crippen LogP contribution >= 0.6 is 0 Å². The second kappa shape index (κ2) is 13.0. The van der Waals surface area contributed by atoms with Crippen molar-refractivity contribution in [3.63, 3.8) is 0 Å². The first-order valence-electron chi connectivity index (χ1n) is 9.99. The Morgan fingerprint density at radius 3 is 1.96 bits per heavy atom. The molecule has 25 heavy (non-hydrogen) atoms. The van der Waals surface area contributed by atoms with Gasteiger partial charge in [0.15, 0.2) is 0 Å². The predicted octanol–water partition coefficient (Wildman–Crippen LogP) is 6.43. The van der Waals surface area contributed by atoms with E-state index in [-0.39, 0.29) is 6.10 Å². The quantitative estimate of drug-likeness (QED) is 0.226. The maximum absolute atomic E-state index is 6.42. The topological polar surface area (TPSA) is 27.7 Å². The van der Waals surface area contributed by atoms with Gasteiger partial charge in [-0.25, -0.2) is 0 Å². The highest BCUT2D eigenvalue weighted by Gasteiger charge is 2.40. The fraction of sp³-hybridized carbons (Fsp3) is 0.800. The first-order valence-corrected chi connectivity index (χ1v) is 14.8. The Labute approximate surface area is 159 Å². The van der Waals surface area contributed by atoms with Crippen LogP contribution in [0.3, 0.4) is 0 Å². The van der Waals surface area contributed by atoms with Gasteiger partial charge in [-0.15, -0.1) is 13.2 Å². The van der Waals surface area contributed by atoms with Gasteiger partial charge in [-0.1, -0.05) is 64.3 Å². The molecule has 148 valence electrons. The summed E-state index contributed by atoms with van der Waals surface area (Å²) in [6, 6.07) is 0. The van der Waals surface area contributed by atoms with E-state index >= 15 is 0 Å². The molecule has 0 rings (SSSR count). The van der Waals surface area contributed by atoms with Crippen LogP contribution in [-0.4, -0.2) is 29.8 Å². The van der Waals surface area contributed by atoms with E-state index in [4.69, 9.17) is 13.0 Å². The van der Waals surface area contributed by atoms with Crippen molar-refractivity contribution in [2.75, 3.05) is 6.61 Å². The molecule has 0 fully saturated rings. The fourth-order valence-electron chi connectivity index (χ4n) is 2.91. The minimum atomic E-state index is -2.47. The molecule has 0 saturated carbocycles. The summed E-state index contributed by atoms with van der Waals surface area (Å²) < 4.78 is 18.8. The third kappa shape index (κ3) is 11.9. The molecule has 0 aliphatic heterocycles. The van der Waals surface area contributed by atoms with E-state index in [9.17, 15) is 0 Å². The first kappa shape index (κ1) is 24.8. The fourth-order valence-corrected chi connectivity index (χ4v) is 8.89. The van der Waals surface area contributed by atoms with Crippen LogP contribution in [0.25, 0.3) is 0 Å². The number of rotatable bonds is 16. The summed E-state index contributed by atoms with van der Waals surface area (Å²) in [4.78, 5) is 0. The molecule has 0 aromatic heterocycles. The van der Waals surface area contributed by atoms with Gasteiger partial charge in [-0.2, -0.15) is 0 Å². The summed E-state index contributed by atoms with van der Waals surface area (Å²) in [6.45, 7) is 21.6. The van der Waals surface area contributed by atoms with E-state index in [0.29, 0.717) is 5.92 Å². The average molecular weight is 387 g/mol. The Hall–Kier alpha value is -0.206. The van der Waals surface area contributed by atoms with Crippen LogP contribution in [-0.2, 0) is 13.0 Å². The lowest BCUT2D eigenvalue weighted by Crippen LogP contribution is -2.51. The minimum Gasteiger partial charge on any atom is -0.409 e. The van der Waals surface area contributed by atoms with Crippen LogP contribution in [0.15, 0.2) is 24.6 Å². The van der Waals surface area contributed by atoms with Gasteiger partial charge >= 0.3 is 17.1 Å². The monoisotopic (exact) mass is 386 g/mol. The lowest BCUT2D eigenvalue weighted by Gasteiger charge is -2.35. The maximum Gasteiger partial charge on any atom is 0.352 e. The van der Waals surface area contributed by atoms with Gasteiger partial charge in [0, 0.05) is 12.7 Å². The molecule has 0 aliphatic rings. The summed E-state index contributed by atoms with van der Waals surface area (Å²) >= 11 is 0. The Morgan fingerprint density at radius 1 is 0.880 bits per heavy atom. The van der Waals surface area contributed by atoms with Crippen LogP contribution in [0.5, 0.6) is 0 Å². The van der Waals surface area contributed by atoms with Crippen molar-refractivity contribution >= 4 is 17.1 Å². The van der Waals surface area contributed by atoms with Crippen LogP contribution in [0.2, 0.25) is 13.1 Å². The zero-order chi connectivity index (χ0) is 19.3. The highest BCUT2D eigenvalue weighted by molar-refractivity contribution is 6.84. The molecule has 0 heterocycles. The summed E-state index contributed by atoms with van der Waals surface area (Å²) in [7, 11) is -4.90. The molecule has 3 atom stereocenters. The molecular formula is C20H42O3Si2. The number of unbranched alkanes of at least 4 members (excludes halogenated alkanes) is 5. The van der Waals surface area contributed by atoms with Crippen molar-refractivity contribution in [1.82, 2.24) is 0 Å². The van der Waals surface area contributed by atoms with Gasteiger partial charge in [0.2, 0.25) is 0 Å². The normalized spacial score (nSPS) is 17.7. The van der Waals surface area contributed by atoms with Crippen LogP contribution in [0.4, 0.5) is 0 Å². The van der Waals surface area contributed by atoms with Crippen LogP contribution in [0.1, 0.15) is 72.6 Å². The highest BCUT2D eigenvalue weighted by Crippen LogP contribution is 2.22. The van der Waals surface area contributed by atoms with E-state index in [1.54, 1.807) is 0 Å². The van der Waals surface area contributed by atoms with Crippen molar-refractivity contribution in [2.45, 2.75) is 91.8 Å². The van der Waals surface area contributed by atoms with Crippen molar-refractivity contribution in [3.05, 3.63) is 24.6 Å². The van der Waals surface area contributed by atoms with E-state index < -0.39 is 17.1 Å². The maximum atomic E-state index is 6.42. The molecule has 0 spiro atoms. The van der Waals surface area contributed by atoms with Gasteiger partial charge in [0.25, 0.3) is 0 Å². The molecule has 0 aliphatic carbocycles. The molecule has 0 bridgehead atoms. The third-order valence-electron chi connectivity index (χ3n) is 4.27. The minimum absolute atomic E-state index is 0.163. The molecule has 0 aromatic carbocycles. The molecule has 0 amide bonds. The Morgan fingerprint density at radius 2 is 1.44 bits per heavy atom. The average Bonchev–Trinajstić information content (AvgIpc) is 2.53. The first-order chi connectivity index (χ1) is 11.7. The second-order valence-corrected chi connectivity index (χ2v) is 13.9. The zero-order valence-corrected chi connectivity index (χ0v) is 19.6. The van der Waals surface area contributed by atoms with E-state index in [0.717, 1.165) is 19.4 Å². The number of hydrogen-bond donors (Lipinski definition) is 0. The predicted molar refractivity (Wildman–Crippen MR) is 114 cm³/mol. The second-order valence-electron chi connectivity index (χ2n) is 7.72. The molecule has 3 unspecified atom stereocenters. The smallest absolute Gasteiger partial charge is 0.352 e. The SMILES string of the molecule is C=C[Si](C)(OCCCCCCCC)O[Si](C)(C=C)OC(C)CC(C)C. The highest BCUT2D eigenvalue weighted by atomic mass is 28.5. The largest absolute Gasteiger partial charge is 0.409 e. The molecule has 5 heteroatoms. The molecule has 0 saturated heterocycles. The third-order valence-corrected chi connectivity index (χ3v) is 10.6. The molecule has 0 radical (unpaired) electrons. The van der Waals surface area contributed by atoms with E-state index in [2.05, 4.69) is 53.9 Å². The van der Waals surface area contributed by atoms with Crippen molar-refractivity contribution in [1.29, 1.82) is 0 Å². The Kier molecular flexibility index (Phi) is 12.9. The van der Waals surface area contributed by atoms with Gasteiger partial charge in [0.05, 0.1) is 0 Å². The number of hydrogen-bond acceptors (Lipinski definition) is 3. The molecular weight excluding hydrogens is 344 g/mol. The van der Waals surface area contributed by atoms with E-state index in [1.165, 1.54) is 32.1 Å². The Balaban J connectivity index is 4.46. The van der Waals surface area contributed by atoms with E-state index in [1.807, 2.05) is 11.4 Å². The summed E-state index contributed by atoms with van der Waals surface area (Å²) in [6.07, 6.45) is 8.72. The van der Waals surface area contributed by atoms with Crippen LogP contribution in [0, 0.1) is 5.92 Å². The molecule has 0 aromatic rings. The summed E-state index contributed by atoms with van der Waals surface area (Å²) in [5.41, 5.74) is 3.74. The van der Waals surface area contributed by atoms with Crippen molar-refractivity contribution in [2.24, 2.45) is 5.92 Å². The lowest BCUT2D eigenvalue weighted by atomic mass is 10.1. The van der Waals surface area contributed by atoms with Crippen LogP contribution < -0.4 is 0 Å². The Bertz CT molecular complexity index is 376. The lowest BCUT2D eigenvalue weighted by molar-refractivity contribution is 0.139. The van der Waals surface area contributed by atoms with Gasteiger partial charge in [0.1, 0.15) is 0 Å². The summed E-state index contributed by atoms with van der Waals surface area (Å²) in [5, 5.41) is 0. The summed E-state index contributed by atoms with van der Waals surface area (Å²) in [5.74, 6) is 0.602.